The van der Waals surface area contributed by atoms with Gasteiger partial charge in [0.2, 0.25) is 0 Å². The van der Waals surface area contributed by atoms with Crippen LogP contribution in [0.15, 0.2) is 35.1 Å². The topological polar surface area (TPSA) is 62.5 Å². The molecule has 0 bridgehead atoms. The van der Waals surface area contributed by atoms with Crippen LogP contribution < -0.4 is 0 Å². The summed E-state index contributed by atoms with van der Waals surface area (Å²) in [6.45, 7) is 6.58. The Morgan fingerprint density at radius 1 is 1.25 bits per heavy atom. The van der Waals surface area contributed by atoms with Gasteiger partial charge in [0.1, 0.15) is 17.2 Å². The van der Waals surface area contributed by atoms with Crippen LogP contribution in [0.5, 0.6) is 0 Å². The molecule has 2 aromatic rings. The number of piperidine rings is 1. The van der Waals surface area contributed by atoms with Crippen molar-refractivity contribution in [2.75, 3.05) is 26.2 Å². The zero-order valence-electron chi connectivity index (χ0n) is 13.9. The highest BCUT2D eigenvalue weighted by Crippen LogP contribution is 2.32. The van der Waals surface area contributed by atoms with E-state index in [-0.39, 0.29) is 5.91 Å². The molecular weight excluding hydrogens is 304 g/mol. The number of hydrogen-bond donors (Lipinski definition) is 0. The summed E-state index contributed by atoms with van der Waals surface area (Å²) in [6, 6.07) is 4.07. The standard InChI is InChI=1S/C18H22N4O2/c1-13-2-3-16(24-13)12-21-9-14-4-7-22(11-15(14)10-21)18(23)17-8-19-5-6-20-17/h2-3,5-6,8,14-15H,4,7,9-12H2,1H3/t14-,15-/m1/s1. The molecule has 2 aliphatic heterocycles. The number of aryl methyl sites for hydroxylation is 1. The molecule has 4 rings (SSSR count). The minimum atomic E-state index is 0.00154. The molecule has 0 saturated carbocycles. The molecule has 2 aromatic heterocycles. The maximum Gasteiger partial charge on any atom is 0.274 e. The number of furan rings is 1. The van der Waals surface area contributed by atoms with Crippen LogP contribution >= 0.6 is 0 Å². The van der Waals surface area contributed by atoms with Crippen molar-refractivity contribution >= 4 is 5.91 Å². The summed E-state index contributed by atoms with van der Waals surface area (Å²) in [4.78, 5) is 25.1. The Hall–Kier alpha value is -2.21. The molecule has 0 aliphatic carbocycles. The minimum absolute atomic E-state index is 0.00154. The minimum Gasteiger partial charge on any atom is -0.465 e. The highest BCUT2D eigenvalue weighted by molar-refractivity contribution is 5.92. The SMILES string of the molecule is Cc1ccc(CN2C[C@H]3CCN(C(=O)c4cnccn4)C[C@H]3C2)o1. The Balaban J connectivity index is 1.38. The summed E-state index contributed by atoms with van der Waals surface area (Å²) >= 11 is 0. The number of carbonyl (C=O) groups excluding carboxylic acids is 1. The highest BCUT2D eigenvalue weighted by Gasteiger charge is 2.38. The number of rotatable bonds is 3. The van der Waals surface area contributed by atoms with Crippen molar-refractivity contribution < 1.29 is 9.21 Å². The summed E-state index contributed by atoms with van der Waals surface area (Å²) in [5.41, 5.74) is 0.442. The van der Waals surface area contributed by atoms with Gasteiger partial charge in [-0.2, -0.15) is 0 Å². The van der Waals surface area contributed by atoms with Crippen molar-refractivity contribution in [1.82, 2.24) is 19.8 Å². The number of fused-ring (bicyclic) bond motifs is 1. The smallest absolute Gasteiger partial charge is 0.274 e. The predicted molar refractivity (Wildman–Crippen MR) is 88.3 cm³/mol. The van der Waals surface area contributed by atoms with Crippen LogP contribution in [-0.2, 0) is 6.54 Å². The zero-order chi connectivity index (χ0) is 16.5. The van der Waals surface area contributed by atoms with E-state index in [4.69, 9.17) is 4.42 Å². The first-order valence-electron chi connectivity index (χ1n) is 8.52. The number of amides is 1. The first kappa shape index (κ1) is 15.3. The molecule has 126 valence electrons. The molecule has 1 amide bonds. The molecule has 0 unspecified atom stereocenters. The van der Waals surface area contributed by atoms with Gasteiger partial charge in [0, 0.05) is 38.6 Å². The average molecular weight is 326 g/mol. The van der Waals surface area contributed by atoms with E-state index in [2.05, 4.69) is 20.9 Å². The third-order valence-electron chi connectivity index (χ3n) is 5.12. The first-order valence-corrected chi connectivity index (χ1v) is 8.52. The van der Waals surface area contributed by atoms with Crippen LogP contribution in [-0.4, -0.2) is 51.9 Å². The highest BCUT2D eigenvalue weighted by atomic mass is 16.3. The molecule has 24 heavy (non-hydrogen) atoms. The van der Waals surface area contributed by atoms with E-state index in [1.807, 2.05) is 17.9 Å². The molecule has 2 saturated heterocycles. The number of likely N-dealkylation sites (tertiary alicyclic amines) is 2. The molecular formula is C18H22N4O2. The number of carbonyl (C=O) groups is 1. The first-order chi connectivity index (χ1) is 11.7. The third-order valence-corrected chi connectivity index (χ3v) is 5.12. The van der Waals surface area contributed by atoms with Crippen molar-refractivity contribution in [1.29, 1.82) is 0 Å². The predicted octanol–water partition coefficient (Wildman–Crippen LogP) is 1.97. The van der Waals surface area contributed by atoms with E-state index in [0.29, 0.717) is 17.5 Å². The van der Waals surface area contributed by atoms with E-state index >= 15 is 0 Å². The normalized spacial score (nSPS) is 24.1. The van der Waals surface area contributed by atoms with Crippen molar-refractivity contribution in [2.45, 2.75) is 19.9 Å². The number of hydrogen-bond acceptors (Lipinski definition) is 5. The van der Waals surface area contributed by atoms with Crippen LogP contribution in [0.1, 0.15) is 28.4 Å². The van der Waals surface area contributed by atoms with Crippen molar-refractivity contribution in [3.8, 4) is 0 Å². The average Bonchev–Trinajstić information content (AvgIpc) is 3.19. The molecule has 4 heterocycles. The Bertz CT molecular complexity index is 715. The fourth-order valence-corrected chi connectivity index (χ4v) is 3.94. The van der Waals surface area contributed by atoms with E-state index in [1.165, 1.54) is 0 Å². The third kappa shape index (κ3) is 3.06. The largest absolute Gasteiger partial charge is 0.465 e. The fraction of sp³-hybridized carbons (Fsp3) is 0.500. The summed E-state index contributed by atoms with van der Waals surface area (Å²) < 4.78 is 5.69. The second kappa shape index (κ2) is 6.36. The molecule has 0 aromatic carbocycles. The van der Waals surface area contributed by atoms with Gasteiger partial charge in [-0.05, 0) is 37.3 Å². The van der Waals surface area contributed by atoms with E-state index in [1.54, 1.807) is 18.6 Å². The zero-order valence-corrected chi connectivity index (χ0v) is 13.9. The molecule has 6 heteroatoms. The summed E-state index contributed by atoms with van der Waals surface area (Å²) in [5.74, 6) is 3.20. The van der Waals surface area contributed by atoms with Gasteiger partial charge in [-0.15, -0.1) is 0 Å². The molecule has 0 N–H and O–H groups in total. The van der Waals surface area contributed by atoms with Crippen molar-refractivity contribution in [3.63, 3.8) is 0 Å². The lowest BCUT2D eigenvalue weighted by Gasteiger charge is -2.34. The Morgan fingerprint density at radius 3 is 2.88 bits per heavy atom. The van der Waals surface area contributed by atoms with Crippen LogP contribution in [0.2, 0.25) is 0 Å². The van der Waals surface area contributed by atoms with E-state index < -0.39 is 0 Å². The number of aromatic nitrogens is 2. The summed E-state index contributed by atoms with van der Waals surface area (Å²) in [5, 5.41) is 0. The maximum absolute atomic E-state index is 12.6. The molecule has 6 nitrogen and oxygen atoms in total. The lowest BCUT2D eigenvalue weighted by atomic mass is 9.88. The Kier molecular flexibility index (Phi) is 4.06. The van der Waals surface area contributed by atoms with Crippen LogP contribution in [0.4, 0.5) is 0 Å². The maximum atomic E-state index is 12.6. The van der Waals surface area contributed by atoms with Crippen LogP contribution in [0, 0.1) is 18.8 Å². The van der Waals surface area contributed by atoms with Crippen LogP contribution in [0.3, 0.4) is 0 Å². The van der Waals surface area contributed by atoms with E-state index in [0.717, 1.165) is 50.7 Å². The quantitative estimate of drug-likeness (QED) is 0.863. The Morgan fingerprint density at radius 2 is 2.12 bits per heavy atom. The van der Waals surface area contributed by atoms with Gasteiger partial charge in [0.05, 0.1) is 12.7 Å². The monoisotopic (exact) mass is 326 g/mol. The lowest BCUT2D eigenvalue weighted by Crippen LogP contribution is -2.43. The Labute approximate surface area is 141 Å². The molecule has 2 fully saturated rings. The van der Waals surface area contributed by atoms with Gasteiger partial charge >= 0.3 is 0 Å². The van der Waals surface area contributed by atoms with E-state index in [9.17, 15) is 4.79 Å². The molecule has 0 radical (unpaired) electrons. The van der Waals surface area contributed by atoms with Gasteiger partial charge in [-0.1, -0.05) is 0 Å². The molecule has 0 spiro atoms. The van der Waals surface area contributed by atoms with Gasteiger partial charge in [0.25, 0.3) is 5.91 Å². The fourth-order valence-electron chi connectivity index (χ4n) is 3.94. The summed E-state index contributed by atoms with van der Waals surface area (Å²) in [7, 11) is 0. The van der Waals surface area contributed by atoms with Gasteiger partial charge in [-0.25, -0.2) is 4.98 Å². The lowest BCUT2D eigenvalue weighted by molar-refractivity contribution is 0.0635. The van der Waals surface area contributed by atoms with Gasteiger partial charge in [0.15, 0.2) is 0 Å². The van der Waals surface area contributed by atoms with Gasteiger partial charge in [-0.3, -0.25) is 14.7 Å². The molecule has 2 atom stereocenters. The molecule has 2 aliphatic rings. The van der Waals surface area contributed by atoms with Crippen molar-refractivity contribution in [3.05, 3.63) is 47.9 Å². The van der Waals surface area contributed by atoms with Crippen molar-refractivity contribution in [2.24, 2.45) is 11.8 Å². The second-order valence-corrected chi connectivity index (χ2v) is 6.86. The number of nitrogens with zero attached hydrogens (tertiary/aromatic N) is 4. The van der Waals surface area contributed by atoms with Gasteiger partial charge < -0.3 is 9.32 Å². The summed E-state index contributed by atoms with van der Waals surface area (Å²) in [6.07, 6.45) is 5.77. The van der Waals surface area contributed by atoms with Crippen LogP contribution in [0.25, 0.3) is 0 Å². The second-order valence-electron chi connectivity index (χ2n) is 6.86.